The summed E-state index contributed by atoms with van der Waals surface area (Å²) in [4.78, 5) is 12.0. The van der Waals surface area contributed by atoms with Gasteiger partial charge in [-0.25, -0.2) is 0 Å². The Kier molecular flexibility index (Phi) is 3.29. The van der Waals surface area contributed by atoms with Crippen molar-refractivity contribution in [3.63, 3.8) is 0 Å². The maximum atomic E-state index is 12.0. The van der Waals surface area contributed by atoms with Crippen LogP contribution in [0.1, 0.15) is 15.9 Å². The highest BCUT2D eigenvalue weighted by molar-refractivity contribution is 6.07. The van der Waals surface area contributed by atoms with Crippen LogP contribution in [0.2, 0.25) is 0 Å². The number of amides is 1. The molecule has 2 aromatic carbocycles. The number of phenolic OH excluding ortho intramolecular Hbond substituents is 2. The van der Waals surface area contributed by atoms with Gasteiger partial charge in [-0.2, -0.15) is 0 Å². The molecule has 5 heteroatoms. The SMILES string of the molecule is Cc1ccc(NC(=O)c2cc(O)ccc2O)c(N)c1. The molecule has 0 aromatic heterocycles. The molecule has 0 unspecified atom stereocenters. The van der Waals surface area contributed by atoms with Crippen molar-refractivity contribution < 1.29 is 15.0 Å². The second kappa shape index (κ2) is 4.89. The van der Waals surface area contributed by atoms with Gasteiger partial charge in [-0.1, -0.05) is 6.07 Å². The molecular weight excluding hydrogens is 244 g/mol. The fourth-order valence-corrected chi connectivity index (χ4v) is 1.69. The summed E-state index contributed by atoms with van der Waals surface area (Å²) in [7, 11) is 0. The van der Waals surface area contributed by atoms with E-state index in [1.54, 1.807) is 12.1 Å². The second-order valence-electron chi connectivity index (χ2n) is 4.25. The van der Waals surface area contributed by atoms with E-state index in [1.807, 2.05) is 13.0 Å². The van der Waals surface area contributed by atoms with Crippen molar-refractivity contribution in [2.45, 2.75) is 6.92 Å². The number of anilines is 2. The molecule has 5 N–H and O–H groups in total. The summed E-state index contributed by atoms with van der Waals surface area (Å²) in [6, 6.07) is 8.97. The van der Waals surface area contributed by atoms with Crippen molar-refractivity contribution in [1.29, 1.82) is 0 Å². The number of benzene rings is 2. The molecule has 5 nitrogen and oxygen atoms in total. The minimum absolute atomic E-state index is 0.0139. The van der Waals surface area contributed by atoms with E-state index in [-0.39, 0.29) is 17.1 Å². The second-order valence-corrected chi connectivity index (χ2v) is 4.25. The van der Waals surface area contributed by atoms with Crippen molar-refractivity contribution in [3.8, 4) is 11.5 Å². The number of nitrogen functional groups attached to an aromatic ring is 1. The van der Waals surface area contributed by atoms with Gasteiger partial charge in [0.05, 0.1) is 16.9 Å². The zero-order valence-electron chi connectivity index (χ0n) is 10.3. The molecular formula is C14H14N2O3. The Labute approximate surface area is 110 Å². The average molecular weight is 258 g/mol. The van der Waals surface area contributed by atoms with Crippen LogP contribution in [0.4, 0.5) is 11.4 Å². The number of aromatic hydroxyl groups is 2. The van der Waals surface area contributed by atoms with Gasteiger partial charge in [0.2, 0.25) is 0 Å². The molecule has 0 atom stereocenters. The first kappa shape index (κ1) is 12.8. The average Bonchev–Trinajstić information content (AvgIpc) is 2.35. The Morgan fingerprint density at radius 1 is 1.16 bits per heavy atom. The van der Waals surface area contributed by atoms with Crippen LogP contribution in [0, 0.1) is 6.92 Å². The minimum Gasteiger partial charge on any atom is -0.508 e. The third kappa shape index (κ3) is 2.77. The molecule has 2 rings (SSSR count). The van der Waals surface area contributed by atoms with Gasteiger partial charge < -0.3 is 21.3 Å². The third-order valence-corrected chi connectivity index (χ3v) is 2.68. The molecule has 0 aliphatic heterocycles. The monoisotopic (exact) mass is 258 g/mol. The first-order chi connectivity index (χ1) is 8.97. The van der Waals surface area contributed by atoms with Gasteiger partial charge in [-0.05, 0) is 42.8 Å². The van der Waals surface area contributed by atoms with E-state index in [2.05, 4.69) is 5.32 Å². The maximum Gasteiger partial charge on any atom is 0.259 e. The molecule has 0 saturated carbocycles. The van der Waals surface area contributed by atoms with Crippen LogP contribution in [0.15, 0.2) is 36.4 Å². The topological polar surface area (TPSA) is 95.6 Å². The molecule has 0 aliphatic carbocycles. The van der Waals surface area contributed by atoms with E-state index >= 15 is 0 Å². The Morgan fingerprint density at radius 2 is 1.89 bits per heavy atom. The van der Waals surface area contributed by atoms with Gasteiger partial charge >= 0.3 is 0 Å². The molecule has 0 radical (unpaired) electrons. The van der Waals surface area contributed by atoms with Gasteiger partial charge in [0.25, 0.3) is 5.91 Å². The molecule has 0 saturated heterocycles. The standard InChI is InChI=1S/C14H14N2O3/c1-8-2-4-12(11(15)6-8)16-14(19)10-7-9(17)3-5-13(10)18/h2-7,17-18H,15H2,1H3,(H,16,19). The smallest absolute Gasteiger partial charge is 0.259 e. The summed E-state index contributed by atoms with van der Waals surface area (Å²) in [5, 5.41) is 21.5. The van der Waals surface area contributed by atoms with E-state index in [9.17, 15) is 15.0 Å². The Morgan fingerprint density at radius 3 is 2.58 bits per heavy atom. The number of aryl methyl sites for hydroxylation is 1. The van der Waals surface area contributed by atoms with Crippen molar-refractivity contribution in [3.05, 3.63) is 47.5 Å². The lowest BCUT2D eigenvalue weighted by atomic mass is 10.1. The molecule has 0 heterocycles. The van der Waals surface area contributed by atoms with Crippen LogP contribution < -0.4 is 11.1 Å². The number of hydrogen-bond donors (Lipinski definition) is 4. The Hall–Kier alpha value is -2.69. The van der Waals surface area contributed by atoms with E-state index in [0.29, 0.717) is 11.4 Å². The van der Waals surface area contributed by atoms with E-state index in [0.717, 1.165) is 5.56 Å². The number of carbonyl (C=O) groups is 1. The van der Waals surface area contributed by atoms with Crippen LogP contribution in [-0.2, 0) is 0 Å². The van der Waals surface area contributed by atoms with Crippen LogP contribution in [0.3, 0.4) is 0 Å². The summed E-state index contributed by atoms with van der Waals surface area (Å²) >= 11 is 0. The van der Waals surface area contributed by atoms with Crippen LogP contribution >= 0.6 is 0 Å². The van der Waals surface area contributed by atoms with E-state index < -0.39 is 5.91 Å². The molecule has 1 amide bonds. The third-order valence-electron chi connectivity index (χ3n) is 2.68. The predicted molar refractivity (Wildman–Crippen MR) is 73.3 cm³/mol. The Bertz CT molecular complexity index is 639. The van der Waals surface area contributed by atoms with E-state index in [1.165, 1.54) is 18.2 Å². The van der Waals surface area contributed by atoms with Crippen molar-refractivity contribution in [1.82, 2.24) is 0 Å². The molecule has 0 fully saturated rings. The van der Waals surface area contributed by atoms with Crippen LogP contribution in [0.5, 0.6) is 11.5 Å². The van der Waals surface area contributed by atoms with Gasteiger partial charge in [0.1, 0.15) is 11.5 Å². The number of carbonyl (C=O) groups excluding carboxylic acids is 1. The molecule has 0 spiro atoms. The number of nitrogens with one attached hydrogen (secondary N) is 1. The number of nitrogens with two attached hydrogens (primary N) is 1. The fourth-order valence-electron chi connectivity index (χ4n) is 1.69. The van der Waals surface area contributed by atoms with E-state index in [4.69, 9.17) is 5.73 Å². The summed E-state index contributed by atoms with van der Waals surface area (Å²) in [6.45, 7) is 1.89. The Balaban J connectivity index is 2.28. The van der Waals surface area contributed by atoms with Gasteiger partial charge in [-0.3, -0.25) is 4.79 Å². The van der Waals surface area contributed by atoms with Crippen LogP contribution in [-0.4, -0.2) is 16.1 Å². The number of rotatable bonds is 2. The molecule has 19 heavy (non-hydrogen) atoms. The first-order valence-electron chi connectivity index (χ1n) is 5.67. The summed E-state index contributed by atoms with van der Waals surface area (Å²) in [6.07, 6.45) is 0. The lowest BCUT2D eigenvalue weighted by molar-refractivity contribution is 0.102. The highest BCUT2D eigenvalue weighted by atomic mass is 16.3. The van der Waals surface area contributed by atoms with Crippen molar-refractivity contribution >= 4 is 17.3 Å². The molecule has 2 aromatic rings. The van der Waals surface area contributed by atoms with Crippen molar-refractivity contribution in [2.75, 3.05) is 11.1 Å². The zero-order chi connectivity index (χ0) is 14.0. The summed E-state index contributed by atoms with van der Waals surface area (Å²) in [5.74, 6) is -0.843. The first-order valence-corrected chi connectivity index (χ1v) is 5.67. The normalized spacial score (nSPS) is 10.2. The quantitative estimate of drug-likeness (QED) is 0.490. The van der Waals surface area contributed by atoms with Gasteiger partial charge in [-0.15, -0.1) is 0 Å². The molecule has 0 aliphatic rings. The predicted octanol–water partition coefficient (Wildman–Crippen LogP) is 2.24. The maximum absolute atomic E-state index is 12.0. The van der Waals surface area contributed by atoms with Crippen molar-refractivity contribution in [2.24, 2.45) is 0 Å². The van der Waals surface area contributed by atoms with Gasteiger partial charge in [0.15, 0.2) is 0 Å². The molecule has 98 valence electrons. The lowest BCUT2D eigenvalue weighted by Crippen LogP contribution is -2.13. The van der Waals surface area contributed by atoms with Crippen LogP contribution in [0.25, 0.3) is 0 Å². The summed E-state index contributed by atoms with van der Waals surface area (Å²) < 4.78 is 0. The molecule has 0 bridgehead atoms. The largest absolute Gasteiger partial charge is 0.508 e. The zero-order valence-corrected chi connectivity index (χ0v) is 10.3. The fraction of sp³-hybridized carbons (Fsp3) is 0.0714. The minimum atomic E-state index is -0.538. The number of hydrogen-bond acceptors (Lipinski definition) is 4. The lowest BCUT2D eigenvalue weighted by Gasteiger charge is -2.10. The highest BCUT2D eigenvalue weighted by Crippen LogP contribution is 2.25. The number of phenols is 2. The van der Waals surface area contributed by atoms with Gasteiger partial charge in [0, 0.05) is 0 Å². The highest BCUT2D eigenvalue weighted by Gasteiger charge is 2.13. The summed E-state index contributed by atoms with van der Waals surface area (Å²) in [5.41, 5.74) is 7.65.